The van der Waals surface area contributed by atoms with Crippen LogP contribution in [-0.4, -0.2) is 31.4 Å². The molecule has 2 aromatic carbocycles. The van der Waals surface area contributed by atoms with E-state index in [0.29, 0.717) is 16.3 Å². The van der Waals surface area contributed by atoms with Crippen LogP contribution < -0.4 is 5.32 Å². The van der Waals surface area contributed by atoms with E-state index in [1.807, 2.05) is 0 Å². The summed E-state index contributed by atoms with van der Waals surface area (Å²) < 4.78 is 37.9. The van der Waals surface area contributed by atoms with E-state index < -0.39 is 21.7 Å². The van der Waals surface area contributed by atoms with E-state index in [9.17, 15) is 17.6 Å². The van der Waals surface area contributed by atoms with Gasteiger partial charge < -0.3 is 5.32 Å². The van der Waals surface area contributed by atoms with Crippen LogP contribution in [0.15, 0.2) is 42.5 Å². The van der Waals surface area contributed by atoms with E-state index in [-0.39, 0.29) is 13.1 Å². The average Bonchev–Trinajstić information content (AvgIpc) is 2.51. The van der Waals surface area contributed by atoms with Gasteiger partial charge in [0.05, 0.1) is 12.8 Å². The predicted molar refractivity (Wildman–Crippen MR) is 96.5 cm³/mol. The molecule has 25 heavy (non-hydrogen) atoms. The van der Waals surface area contributed by atoms with Gasteiger partial charge in [0.2, 0.25) is 15.9 Å². The van der Waals surface area contributed by atoms with Crippen LogP contribution >= 0.6 is 11.6 Å². The van der Waals surface area contributed by atoms with Crippen molar-refractivity contribution in [3.63, 3.8) is 0 Å². The molecule has 8 heteroatoms. The van der Waals surface area contributed by atoms with Gasteiger partial charge in [0.15, 0.2) is 0 Å². The van der Waals surface area contributed by atoms with E-state index in [1.165, 1.54) is 24.3 Å². The summed E-state index contributed by atoms with van der Waals surface area (Å²) in [7, 11) is -3.63. The number of anilines is 1. The highest BCUT2D eigenvalue weighted by Gasteiger charge is 2.21. The Hall–Kier alpha value is -1.96. The first-order valence-electron chi connectivity index (χ1n) is 7.41. The number of rotatable bonds is 6. The number of benzene rings is 2. The molecule has 0 atom stereocenters. The fraction of sp³-hybridized carbons (Fsp3) is 0.235. The third-order valence-electron chi connectivity index (χ3n) is 3.53. The maximum Gasteiger partial charge on any atom is 0.239 e. The molecule has 0 aliphatic carbocycles. The number of carbonyl (C=O) groups is 1. The third-order valence-corrected chi connectivity index (χ3v) is 4.97. The molecule has 0 aliphatic heterocycles. The molecule has 0 unspecified atom stereocenters. The molecule has 0 heterocycles. The largest absolute Gasteiger partial charge is 0.325 e. The summed E-state index contributed by atoms with van der Waals surface area (Å²) in [5.41, 5.74) is 1.91. The van der Waals surface area contributed by atoms with Crippen molar-refractivity contribution < 1.29 is 17.6 Å². The monoisotopic (exact) mass is 384 g/mol. The maximum absolute atomic E-state index is 13.0. The molecule has 0 bridgehead atoms. The summed E-state index contributed by atoms with van der Waals surface area (Å²) in [6, 6.07) is 10.5. The normalized spacial score (nSPS) is 11.6. The molecule has 0 saturated heterocycles. The Balaban J connectivity index is 2.12. The second kappa shape index (κ2) is 7.95. The zero-order chi connectivity index (χ0) is 18.6. The number of sulfonamides is 1. The predicted octanol–water partition coefficient (Wildman–Crippen LogP) is 3.19. The van der Waals surface area contributed by atoms with Crippen LogP contribution in [0.2, 0.25) is 5.02 Å². The second-order valence-electron chi connectivity index (χ2n) is 5.66. The van der Waals surface area contributed by atoms with Crippen molar-refractivity contribution in [3.8, 4) is 0 Å². The van der Waals surface area contributed by atoms with Gasteiger partial charge in [-0.05, 0) is 42.3 Å². The molecule has 0 saturated carbocycles. The Kier molecular flexibility index (Phi) is 6.16. The maximum atomic E-state index is 13.0. The number of amides is 1. The van der Waals surface area contributed by atoms with Crippen molar-refractivity contribution in [1.29, 1.82) is 0 Å². The van der Waals surface area contributed by atoms with Crippen LogP contribution in [0.3, 0.4) is 0 Å². The van der Waals surface area contributed by atoms with E-state index in [2.05, 4.69) is 5.32 Å². The number of halogens is 2. The quantitative estimate of drug-likeness (QED) is 0.831. The van der Waals surface area contributed by atoms with Crippen molar-refractivity contribution in [2.24, 2.45) is 0 Å². The Morgan fingerprint density at radius 2 is 1.84 bits per heavy atom. The van der Waals surface area contributed by atoms with E-state index in [1.54, 1.807) is 25.1 Å². The highest BCUT2D eigenvalue weighted by molar-refractivity contribution is 7.88. The molecule has 0 spiro atoms. The Labute approximate surface area is 151 Å². The second-order valence-corrected chi connectivity index (χ2v) is 8.08. The SMILES string of the molecule is Cc1ccc(Cl)cc1NC(=O)CN(Cc1ccc(F)cc1)S(C)(=O)=O. The zero-order valence-corrected chi connectivity index (χ0v) is 15.4. The van der Waals surface area contributed by atoms with Crippen molar-refractivity contribution in [2.75, 3.05) is 18.1 Å². The first kappa shape index (κ1) is 19.4. The van der Waals surface area contributed by atoms with Crippen LogP contribution in [0.25, 0.3) is 0 Å². The first-order chi connectivity index (χ1) is 11.6. The van der Waals surface area contributed by atoms with Gasteiger partial charge in [0.25, 0.3) is 0 Å². The Morgan fingerprint density at radius 1 is 1.20 bits per heavy atom. The van der Waals surface area contributed by atoms with Crippen molar-refractivity contribution in [2.45, 2.75) is 13.5 Å². The van der Waals surface area contributed by atoms with Gasteiger partial charge in [0.1, 0.15) is 5.82 Å². The summed E-state index contributed by atoms with van der Waals surface area (Å²) in [6.45, 7) is 1.42. The summed E-state index contributed by atoms with van der Waals surface area (Å²) in [6.07, 6.45) is 1.02. The van der Waals surface area contributed by atoms with Crippen LogP contribution in [-0.2, 0) is 21.4 Å². The minimum absolute atomic E-state index is 0.0267. The molecule has 0 radical (unpaired) electrons. The van der Waals surface area contributed by atoms with Gasteiger partial charge in [-0.15, -0.1) is 0 Å². The van der Waals surface area contributed by atoms with Crippen LogP contribution in [0.5, 0.6) is 0 Å². The van der Waals surface area contributed by atoms with Gasteiger partial charge >= 0.3 is 0 Å². The highest BCUT2D eigenvalue weighted by Crippen LogP contribution is 2.20. The number of nitrogens with zero attached hydrogens (tertiary/aromatic N) is 1. The Bertz CT molecular complexity index is 870. The van der Waals surface area contributed by atoms with Gasteiger partial charge in [-0.25, -0.2) is 12.8 Å². The molecule has 0 fully saturated rings. The molecule has 2 aromatic rings. The molecule has 134 valence electrons. The van der Waals surface area contributed by atoms with E-state index >= 15 is 0 Å². The standard InChI is InChI=1S/C17H18ClFN2O3S/c1-12-3-6-14(18)9-16(12)20-17(22)11-21(25(2,23)24)10-13-4-7-15(19)8-5-13/h3-9H,10-11H2,1-2H3,(H,20,22). The topological polar surface area (TPSA) is 66.5 Å². The smallest absolute Gasteiger partial charge is 0.239 e. The number of hydrogen-bond acceptors (Lipinski definition) is 3. The summed E-state index contributed by atoms with van der Waals surface area (Å²) in [4.78, 5) is 12.3. The molecule has 1 amide bonds. The van der Waals surface area contributed by atoms with Crippen LogP contribution in [0.4, 0.5) is 10.1 Å². The highest BCUT2D eigenvalue weighted by atomic mass is 35.5. The lowest BCUT2D eigenvalue weighted by atomic mass is 10.2. The minimum Gasteiger partial charge on any atom is -0.325 e. The molecule has 0 aromatic heterocycles. The average molecular weight is 385 g/mol. The van der Waals surface area contributed by atoms with Crippen molar-refractivity contribution in [1.82, 2.24) is 4.31 Å². The molecule has 0 aliphatic rings. The number of nitrogens with one attached hydrogen (secondary N) is 1. The van der Waals surface area contributed by atoms with Crippen LogP contribution in [0.1, 0.15) is 11.1 Å². The fourth-order valence-electron chi connectivity index (χ4n) is 2.16. The lowest BCUT2D eigenvalue weighted by molar-refractivity contribution is -0.116. The van der Waals surface area contributed by atoms with Gasteiger partial charge in [0, 0.05) is 17.3 Å². The number of hydrogen-bond donors (Lipinski definition) is 1. The number of aryl methyl sites for hydroxylation is 1. The van der Waals surface area contributed by atoms with E-state index in [0.717, 1.165) is 16.1 Å². The van der Waals surface area contributed by atoms with Gasteiger partial charge in [-0.2, -0.15) is 4.31 Å². The molecule has 1 N–H and O–H groups in total. The fourth-order valence-corrected chi connectivity index (χ4v) is 3.07. The molecular weight excluding hydrogens is 367 g/mol. The third kappa shape index (κ3) is 5.81. The first-order valence-corrected chi connectivity index (χ1v) is 9.63. The summed E-state index contributed by atoms with van der Waals surface area (Å²) >= 11 is 5.91. The summed E-state index contributed by atoms with van der Waals surface area (Å²) in [5.74, 6) is -0.901. The minimum atomic E-state index is -3.63. The molecular formula is C17H18ClFN2O3S. The summed E-state index contributed by atoms with van der Waals surface area (Å²) in [5, 5.41) is 3.12. The lowest BCUT2D eigenvalue weighted by Crippen LogP contribution is -2.37. The van der Waals surface area contributed by atoms with Gasteiger partial charge in [-0.3, -0.25) is 4.79 Å². The van der Waals surface area contributed by atoms with Gasteiger partial charge in [-0.1, -0.05) is 29.8 Å². The van der Waals surface area contributed by atoms with Crippen molar-refractivity contribution in [3.05, 3.63) is 64.4 Å². The molecule has 5 nitrogen and oxygen atoms in total. The van der Waals surface area contributed by atoms with E-state index in [4.69, 9.17) is 11.6 Å². The number of carbonyl (C=O) groups excluding carboxylic acids is 1. The zero-order valence-electron chi connectivity index (χ0n) is 13.8. The van der Waals surface area contributed by atoms with Crippen LogP contribution in [0, 0.1) is 12.7 Å². The van der Waals surface area contributed by atoms with Crippen molar-refractivity contribution >= 4 is 33.2 Å². The Morgan fingerprint density at radius 3 is 2.44 bits per heavy atom. The molecule has 2 rings (SSSR count). The lowest BCUT2D eigenvalue weighted by Gasteiger charge is -2.20.